The molecule has 2 aromatic carbocycles. The SMILES string of the molecule is COC(=O)c1cc(NC(=S)NC(=O)c2ccccc2OC)ccc1N1CCOCC1. The summed E-state index contributed by atoms with van der Waals surface area (Å²) in [7, 11) is 2.83. The maximum absolute atomic E-state index is 12.5. The molecule has 30 heavy (non-hydrogen) atoms. The molecule has 1 heterocycles. The maximum Gasteiger partial charge on any atom is 0.340 e. The number of rotatable bonds is 5. The second-order valence-corrected chi connectivity index (χ2v) is 6.84. The Morgan fingerprint density at radius 2 is 1.80 bits per heavy atom. The van der Waals surface area contributed by atoms with Crippen LogP contribution in [0.3, 0.4) is 0 Å². The number of nitrogens with one attached hydrogen (secondary N) is 2. The van der Waals surface area contributed by atoms with Gasteiger partial charge < -0.3 is 24.4 Å². The molecule has 0 aromatic heterocycles. The van der Waals surface area contributed by atoms with Crippen LogP contribution >= 0.6 is 12.2 Å². The van der Waals surface area contributed by atoms with E-state index in [0.29, 0.717) is 48.9 Å². The van der Waals surface area contributed by atoms with Crippen molar-refractivity contribution in [2.45, 2.75) is 0 Å². The number of ether oxygens (including phenoxy) is 3. The van der Waals surface area contributed by atoms with Gasteiger partial charge in [0.25, 0.3) is 5.91 Å². The summed E-state index contributed by atoms with van der Waals surface area (Å²) in [6.07, 6.45) is 0. The summed E-state index contributed by atoms with van der Waals surface area (Å²) in [4.78, 5) is 26.9. The number of esters is 1. The first-order valence-corrected chi connectivity index (χ1v) is 9.74. The standard InChI is InChI=1S/C21H23N3O5S/c1-27-18-6-4-3-5-15(18)19(25)23-21(30)22-14-7-8-17(16(13-14)20(26)28-2)24-9-11-29-12-10-24/h3-8,13H,9-12H2,1-2H3,(H2,22,23,25,30). The van der Waals surface area contributed by atoms with Crippen LogP contribution in [0.4, 0.5) is 11.4 Å². The van der Waals surface area contributed by atoms with Gasteiger partial charge in [-0.1, -0.05) is 12.1 Å². The molecule has 0 radical (unpaired) electrons. The molecule has 1 fully saturated rings. The van der Waals surface area contributed by atoms with Gasteiger partial charge in [-0.3, -0.25) is 10.1 Å². The van der Waals surface area contributed by atoms with Gasteiger partial charge in [0.1, 0.15) is 5.75 Å². The van der Waals surface area contributed by atoms with Gasteiger partial charge in [-0.25, -0.2) is 4.79 Å². The molecule has 0 saturated carbocycles. The number of amides is 1. The van der Waals surface area contributed by atoms with E-state index in [1.165, 1.54) is 14.2 Å². The summed E-state index contributed by atoms with van der Waals surface area (Å²) < 4.78 is 15.5. The average Bonchev–Trinajstić information content (AvgIpc) is 2.78. The Bertz CT molecular complexity index is 944. The largest absolute Gasteiger partial charge is 0.496 e. The van der Waals surface area contributed by atoms with Crippen molar-refractivity contribution in [2.24, 2.45) is 0 Å². The van der Waals surface area contributed by atoms with E-state index in [-0.39, 0.29) is 5.11 Å². The molecule has 1 saturated heterocycles. The first-order chi connectivity index (χ1) is 14.5. The zero-order chi connectivity index (χ0) is 21.5. The lowest BCUT2D eigenvalue weighted by molar-refractivity contribution is 0.0600. The minimum atomic E-state index is -0.455. The molecule has 0 bridgehead atoms. The molecule has 158 valence electrons. The Hall–Kier alpha value is -3.17. The number of nitrogens with zero attached hydrogens (tertiary/aromatic N) is 1. The van der Waals surface area contributed by atoms with Crippen LogP contribution in [0.15, 0.2) is 42.5 Å². The van der Waals surface area contributed by atoms with Crippen molar-refractivity contribution in [3.05, 3.63) is 53.6 Å². The third kappa shape index (κ3) is 5.05. The van der Waals surface area contributed by atoms with Crippen LogP contribution in [-0.4, -0.2) is 57.5 Å². The quantitative estimate of drug-likeness (QED) is 0.554. The third-order valence-electron chi connectivity index (χ3n) is 4.59. The molecule has 8 nitrogen and oxygen atoms in total. The van der Waals surface area contributed by atoms with Crippen molar-refractivity contribution < 1.29 is 23.8 Å². The number of carbonyl (C=O) groups is 2. The fourth-order valence-electron chi connectivity index (χ4n) is 3.13. The fraction of sp³-hybridized carbons (Fsp3) is 0.286. The smallest absolute Gasteiger partial charge is 0.340 e. The average molecular weight is 429 g/mol. The summed E-state index contributed by atoms with van der Waals surface area (Å²) >= 11 is 5.26. The lowest BCUT2D eigenvalue weighted by Crippen LogP contribution is -2.37. The molecule has 1 aliphatic heterocycles. The number of methoxy groups -OCH3 is 2. The molecule has 1 amide bonds. The van der Waals surface area contributed by atoms with Gasteiger partial charge in [0.15, 0.2) is 5.11 Å². The Kier molecular flexibility index (Phi) is 7.21. The van der Waals surface area contributed by atoms with Crippen molar-refractivity contribution >= 4 is 40.6 Å². The summed E-state index contributed by atoms with van der Waals surface area (Å²) in [6, 6.07) is 12.1. The van der Waals surface area contributed by atoms with E-state index in [2.05, 4.69) is 15.5 Å². The molecule has 0 spiro atoms. The number of hydrogen-bond donors (Lipinski definition) is 2. The Morgan fingerprint density at radius 3 is 2.50 bits per heavy atom. The van der Waals surface area contributed by atoms with Crippen molar-refractivity contribution in [3.63, 3.8) is 0 Å². The maximum atomic E-state index is 12.5. The molecule has 0 atom stereocenters. The first-order valence-electron chi connectivity index (χ1n) is 9.34. The Labute approximate surface area is 180 Å². The third-order valence-corrected chi connectivity index (χ3v) is 4.79. The lowest BCUT2D eigenvalue weighted by atomic mass is 10.1. The molecule has 0 unspecified atom stereocenters. The van der Waals surface area contributed by atoms with Crippen LogP contribution in [0, 0.1) is 0 Å². The number of benzene rings is 2. The molecule has 2 aromatic rings. The van der Waals surface area contributed by atoms with Gasteiger partial charge in [0.05, 0.1) is 44.2 Å². The van der Waals surface area contributed by atoms with Crippen LogP contribution in [0.5, 0.6) is 5.75 Å². The summed E-state index contributed by atoms with van der Waals surface area (Å²) in [5, 5.41) is 5.65. The van der Waals surface area contributed by atoms with Gasteiger partial charge in [-0.05, 0) is 42.5 Å². The number of thiocarbonyl (C=S) groups is 1. The molecular weight excluding hydrogens is 406 g/mol. The minimum absolute atomic E-state index is 0.0980. The number of para-hydroxylation sites is 1. The van der Waals surface area contributed by atoms with E-state index >= 15 is 0 Å². The number of carbonyl (C=O) groups excluding carboxylic acids is 2. The van der Waals surface area contributed by atoms with Crippen molar-refractivity contribution in [2.75, 3.05) is 50.7 Å². The zero-order valence-corrected chi connectivity index (χ0v) is 17.6. The normalized spacial score (nSPS) is 13.3. The predicted molar refractivity (Wildman–Crippen MR) is 117 cm³/mol. The highest BCUT2D eigenvalue weighted by Gasteiger charge is 2.20. The van der Waals surface area contributed by atoms with Crippen LogP contribution in [0.25, 0.3) is 0 Å². The number of morpholine rings is 1. The van der Waals surface area contributed by atoms with Gasteiger partial charge in [-0.15, -0.1) is 0 Å². The number of anilines is 2. The lowest BCUT2D eigenvalue weighted by Gasteiger charge is -2.30. The number of hydrogen-bond acceptors (Lipinski definition) is 7. The highest BCUT2D eigenvalue weighted by molar-refractivity contribution is 7.80. The minimum Gasteiger partial charge on any atom is -0.496 e. The summed E-state index contributed by atoms with van der Waals surface area (Å²) in [5.41, 5.74) is 2.09. The topological polar surface area (TPSA) is 89.1 Å². The van der Waals surface area contributed by atoms with Crippen LogP contribution in [0.1, 0.15) is 20.7 Å². The van der Waals surface area contributed by atoms with Crippen molar-refractivity contribution in [3.8, 4) is 5.75 Å². The molecule has 9 heteroatoms. The zero-order valence-electron chi connectivity index (χ0n) is 16.8. The summed E-state index contributed by atoms with van der Waals surface area (Å²) in [6.45, 7) is 2.56. The van der Waals surface area contributed by atoms with E-state index in [1.54, 1.807) is 36.4 Å². The van der Waals surface area contributed by atoms with Crippen LogP contribution in [-0.2, 0) is 9.47 Å². The van der Waals surface area contributed by atoms with Gasteiger partial charge >= 0.3 is 5.97 Å². The van der Waals surface area contributed by atoms with E-state index < -0.39 is 11.9 Å². The highest BCUT2D eigenvalue weighted by atomic mass is 32.1. The monoisotopic (exact) mass is 429 g/mol. The van der Waals surface area contributed by atoms with Crippen molar-refractivity contribution in [1.82, 2.24) is 5.32 Å². The van der Waals surface area contributed by atoms with Crippen LogP contribution in [0.2, 0.25) is 0 Å². The fourth-order valence-corrected chi connectivity index (χ4v) is 3.34. The predicted octanol–water partition coefficient (Wildman–Crippen LogP) is 2.45. The molecule has 0 aliphatic carbocycles. The van der Waals surface area contributed by atoms with E-state index in [4.69, 9.17) is 26.4 Å². The highest BCUT2D eigenvalue weighted by Crippen LogP contribution is 2.26. The van der Waals surface area contributed by atoms with Gasteiger partial charge in [-0.2, -0.15) is 0 Å². The second kappa shape index (κ2) is 10.0. The molecule has 2 N–H and O–H groups in total. The van der Waals surface area contributed by atoms with E-state index in [9.17, 15) is 9.59 Å². The van der Waals surface area contributed by atoms with Gasteiger partial charge in [0, 0.05) is 18.8 Å². The van der Waals surface area contributed by atoms with Crippen molar-refractivity contribution in [1.29, 1.82) is 0 Å². The van der Waals surface area contributed by atoms with Crippen LogP contribution < -0.4 is 20.3 Å². The summed E-state index contributed by atoms with van der Waals surface area (Å²) in [5.74, 6) is -0.409. The first kappa shape index (κ1) is 21.5. The van der Waals surface area contributed by atoms with E-state index in [1.807, 2.05) is 6.07 Å². The second-order valence-electron chi connectivity index (χ2n) is 6.43. The molecular formula is C21H23N3O5S. The Morgan fingerprint density at radius 1 is 1.07 bits per heavy atom. The molecule has 1 aliphatic rings. The molecule has 3 rings (SSSR count). The Balaban J connectivity index is 1.74. The van der Waals surface area contributed by atoms with Gasteiger partial charge in [0.2, 0.25) is 0 Å². The van der Waals surface area contributed by atoms with E-state index in [0.717, 1.165) is 5.69 Å².